The summed E-state index contributed by atoms with van der Waals surface area (Å²) in [5, 5.41) is 13.6. The molecule has 0 aromatic carbocycles. The summed E-state index contributed by atoms with van der Waals surface area (Å²) >= 11 is 3.38. The first kappa shape index (κ1) is 14.7. The number of aromatic nitrogens is 1. The van der Waals surface area contributed by atoms with Crippen LogP contribution in [-0.4, -0.2) is 60.0 Å². The highest BCUT2D eigenvalue weighted by Gasteiger charge is 2.25. The summed E-state index contributed by atoms with van der Waals surface area (Å²) < 4.78 is 6.23. The second-order valence-corrected chi connectivity index (χ2v) is 6.05. The number of morpholine rings is 1. The summed E-state index contributed by atoms with van der Waals surface area (Å²) in [5.41, 5.74) is 0.122. The fourth-order valence-corrected chi connectivity index (χ4v) is 2.46. The summed E-state index contributed by atoms with van der Waals surface area (Å²) in [5.74, 6) is 0. The molecule has 5 nitrogen and oxygen atoms in total. The minimum absolute atomic E-state index is 0.489. The maximum absolute atomic E-state index is 10.4. The largest absolute Gasteiger partial charge is 0.387 e. The number of hydrogen-bond acceptors (Lipinski definition) is 5. The second-order valence-electron chi connectivity index (χ2n) is 5.13. The van der Waals surface area contributed by atoms with Crippen LogP contribution in [-0.2, 0) is 4.74 Å². The van der Waals surface area contributed by atoms with E-state index in [9.17, 15) is 5.11 Å². The van der Waals surface area contributed by atoms with Gasteiger partial charge in [0.1, 0.15) is 0 Å². The number of hydrogen-bond donors (Lipinski definition) is 2. The van der Waals surface area contributed by atoms with Crippen LogP contribution in [0.2, 0.25) is 0 Å². The van der Waals surface area contributed by atoms with Crippen LogP contribution in [0.15, 0.2) is 22.9 Å². The number of nitrogens with zero attached hydrogens (tertiary/aromatic N) is 2. The van der Waals surface area contributed by atoms with Crippen molar-refractivity contribution in [1.82, 2.24) is 9.88 Å². The molecule has 1 unspecified atom stereocenters. The van der Waals surface area contributed by atoms with E-state index in [1.165, 1.54) is 0 Å². The van der Waals surface area contributed by atoms with Gasteiger partial charge < -0.3 is 15.2 Å². The summed E-state index contributed by atoms with van der Waals surface area (Å²) in [6.07, 6.45) is 3.48. The topological polar surface area (TPSA) is 57.6 Å². The molecule has 1 aliphatic rings. The fourth-order valence-electron chi connectivity index (χ4n) is 2.10. The molecule has 1 aromatic heterocycles. The Morgan fingerprint density at radius 2 is 2.21 bits per heavy atom. The van der Waals surface area contributed by atoms with Crippen molar-refractivity contribution >= 4 is 21.6 Å². The number of halogens is 1. The molecule has 0 spiro atoms. The lowest BCUT2D eigenvalue weighted by molar-refractivity contribution is -0.0163. The Hall–Kier alpha value is -0.690. The van der Waals surface area contributed by atoms with Crippen molar-refractivity contribution in [3.63, 3.8) is 0 Å². The molecule has 2 heterocycles. The zero-order valence-corrected chi connectivity index (χ0v) is 12.7. The van der Waals surface area contributed by atoms with Gasteiger partial charge in [0.2, 0.25) is 0 Å². The number of nitrogens with one attached hydrogen (secondary N) is 1. The Balaban J connectivity index is 1.82. The maximum Gasteiger partial charge on any atom is 0.0917 e. The van der Waals surface area contributed by atoms with Crippen LogP contribution >= 0.6 is 15.9 Å². The van der Waals surface area contributed by atoms with E-state index in [4.69, 9.17) is 4.74 Å². The van der Waals surface area contributed by atoms with E-state index in [1.807, 2.05) is 13.0 Å². The van der Waals surface area contributed by atoms with Crippen LogP contribution in [0.3, 0.4) is 0 Å². The molecule has 0 amide bonds. The van der Waals surface area contributed by atoms with Gasteiger partial charge in [0.15, 0.2) is 0 Å². The molecule has 0 radical (unpaired) electrons. The van der Waals surface area contributed by atoms with Crippen molar-refractivity contribution in [1.29, 1.82) is 0 Å². The molecule has 0 aliphatic carbocycles. The van der Waals surface area contributed by atoms with Crippen molar-refractivity contribution in [3.8, 4) is 0 Å². The molecule has 19 heavy (non-hydrogen) atoms. The molecule has 1 fully saturated rings. The minimum atomic E-state index is -0.778. The Morgan fingerprint density at radius 3 is 2.89 bits per heavy atom. The lowest BCUT2D eigenvalue weighted by atomic mass is 10.1. The third-order valence-corrected chi connectivity index (χ3v) is 3.48. The van der Waals surface area contributed by atoms with Crippen molar-refractivity contribution in [3.05, 3.63) is 22.9 Å². The van der Waals surface area contributed by atoms with Gasteiger partial charge in [-0.2, -0.15) is 0 Å². The third-order valence-electron chi connectivity index (χ3n) is 3.05. The Bertz CT molecular complexity index is 409. The first-order chi connectivity index (χ1) is 9.05. The highest BCUT2D eigenvalue weighted by molar-refractivity contribution is 9.10. The van der Waals surface area contributed by atoms with Gasteiger partial charge in [0, 0.05) is 36.8 Å². The molecule has 6 heteroatoms. The van der Waals surface area contributed by atoms with Crippen molar-refractivity contribution < 1.29 is 9.84 Å². The molecule has 1 aliphatic heterocycles. The number of β-amino-alcohol motifs (C(OH)–C–C–N with tert-alkyl or cyclic N) is 1. The summed E-state index contributed by atoms with van der Waals surface area (Å²) in [7, 11) is 0. The molecular formula is C13H20BrN3O2. The maximum atomic E-state index is 10.4. The Kier molecular flexibility index (Phi) is 5.15. The highest BCUT2D eigenvalue weighted by atomic mass is 79.9. The lowest BCUT2D eigenvalue weighted by Crippen LogP contribution is -2.49. The van der Waals surface area contributed by atoms with Gasteiger partial charge >= 0.3 is 0 Å². The molecule has 1 atom stereocenters. The number of rotatable bonds is 5. The number of anilines is 1. The monoisotopic (exact) mass is 329 g/mol. The average Bonchev–Trinajstić information content (AvgIpc) is 2.37. The number of ether oxygens (including phenoxy) is 1. The molecule has 2 N–H and O–H groups in total. The minimum Gasteiger partial charge on any atom is -0.387 e. The molecular weight excluding hydrogens is 310 g/mol. The van der Waals surface area contributed by atoms with Crippen molar-refractivity contribution in [2.24, 2.45) is 0 Å². The smallest absolute Gasteiger partial charge is 0.0917 e. The average molecular weight is 330 g/mol. The first-order valence-electron chi connectivity index (χ1n) is 6.42. The Morgan fingerprint density at radius 1 is 1.47 bits per heavy atom. The quantitative estimate of drug-likeness (QED) is 0.853. The van der Waals surface area contributed by atoms with E-state index in [1.54, 1.807) is 12.4 Å². The van der Waals surface area contributed by atoms with Crippen LogP contribution in [0.1, 0.15) is 6.92 Å². The Labute approximate surface area is 122 Å². The van der Waals surface area contributed by atoms with E-state index in [-0.39, 0.29) is 0 Å². The lowest BCUT2D eigenvalue weighted by Gasteiger charge is -2.34. The highest BCUT2D eigenvalue weighted by Crippen LogP contribution is 2.15. The van der Waals surface area contributed by atoms with Crippen LogP contribution in [0, 0.1) is 0 Å². The predicted molar refractivity (Wildman–Crippen MR) is 78.3 cm³/mol. The van der Waals surface area contributed by atoms with Gasteiger partial charge in [0.05, 0.1) is 30.7 Å². The van der Waals surface area contributed by atoms with Gasteiger partial charge in [-0.25, -0.2) is 0 Å². The third kappa shape index (κ3) is 5.06. The van der Waals surface area contributed by atoms with Crippen molar-refractivity contribution in [2.45, 2.75) is 12.5 Å². The summed E-state index contributed by atoms with van der Waals surface area (Å²) in [4.78, 5) is 6.31. The van der Waals surface area contributed by atoms with E-state index >= 15 is 0 Å². The molecule has 2 rings (SSSR count). The van der Waals surface area contributed by atoms with Crippen LogP contribution in [0.5, 0.6) is 0 Å². The van der Waals surface area contributed by atoms with E-state index in [2.05, 4.69) is 31.1 Å². The molecule has 106 valence electrons. The normalized spacial score (nSPS) is 19.9. The van der Waals surface area contributed by atoms with Crippen LogP contribution in [0.25, 0.3) is 0 Å². The summed E-state index contributed by atoms with van der Waals surface area (Å²) in [6, 6.07) is 1.94. The van der Waals surface area contributed by atoms with Gasteiger partial charge in [0.25, 0.3) is 0 Å². The summed E-state index contributed by atoms with van der Waals surface area (Å²) in [6.45, 7) is 6.25. The zero-order valence-electron chi connectivity index (χ0n) is 11.1. The zero-order chi connectivity index (χ0) is 13.7. The van der Waals surface area contributed by atoms with Crippen LogP contribution < -0.4 is 5.32 Å². The molecule has 1 aromatic rings. The fraction of sp³-hybridized carbons (Fsp3) is 0.615. The second kappa shape index (κ2) is 6.65. The van der Waals surface area contributed by atoms with E-state index < -0.39 is 5.60 Å². The SMILES string of the molecule is CC(O)(CNc1cncc(Br)c1)CN1CCOCC1. The van der Waals surface area contributed by atoms with Crippen LogP contribution in [0.4, 0.5) is 5.69 Å². The van der Waals surface area contributed by atoms with Gasteiger partial charge in [-0.15, -0.1) is 0 Å². The van der Waals surface area contributed by atoms with Crippen molar-refractivity contribution in [2.75, 3.05) is 44.7 Å². The molecule has 0 bridgehead atoms. The predicted octanol–water partition coefficient (Wildman–Crippen LogP) is 1.34. The van der Waals surface area contributed by atoms with E-state index in [0.29, 0.717) is 13.1 Å². The molecule has 1 saturated heterocycles. The van der Waals surface area contributed by atoms with E-state index in [0.717, 1.165) is 36.5 Å². The molecule has 0 saturated carbocycles. The van der Waals surface area contributed by atoms with Gasteiger partial charge in [-0.05, 0) is 28.9 Å². The van der Waals surface area contributed by atoms with Gasteiger partial charge in [-0.1, -0.05) is 0 Å². The van der Waals surface area contributed by atoms with Gasteiger partial charge in [-0.3, -0.25) is 9.88 Å². The number of aliphatic hydroxyl groups is 1. The first-order valence-corrected chi connectivity index (χ1v) is 7.21. The standard InChI is InChI=1S/C13H20BrN3O2/c1-13(18,10-17-2-4-19-5-3-17)9-16-12-6-11(14)7-15-8-12/h6-8,16,18H,2-5,9-10H2,1H3. The number of pyridine rings is 1.